The summed E-state index contributed by atoms with van der Waals surface area (Å²) in [5.74, 6) is 0. The van der Waals surface area contributed by atoms with Crippen molar-refractivity contribution in [2.75, 3.05) is 0 Å². The second-order valence-corrected chi connectivity index (χ2v) is 12.3. The summed E-state index contributed by atoms with van der Waals surface area (Å²) in [6.45, 7) is 9.63. The van der Waals surface area contributed by atoms with Crippen molar-refractivity contribution in [3.63, 3.8) is 0 Å². The first-order valence-electron chi connectivity index (χ1n) is 7.74. The zero-order valence-corrected chi connectivity index (χ0v) is 17.6. The number of rotatable bonds is 4. The van der Waals surface area contributed by atoms with Crippen molar-refractivity contribution in [1.82, 2.24) is 0 Å². The Morgan fingerprint density at radius 2 is 1.12 bits per heavy atom. The molecule has 0 unspecified atom stereocenters. The van der Waals surface area contributed by atoms with Crippen molar-refractivity contribution in [3.8, 4) is 0 Å². The molecule has 0 bridgehead atoms. The summed E-state index contributed by atoms with van der Waals surface area (Å²) in [5, 5.41) is 0. The third-order valence-electron chi connectivity index (χ3n) is 4.11. The average molecular weight is 459 g/mol. The normalized spacial score (nSPS) is 13.1. The van der Waals surface area contributed by atoms with Crippen LogP contribution in [0.2, 0.25) is 0 Å². The van der Waals surface area contributed by atoms with Gasteiger partial charge in [-0.05, 0) is 54.7 Å². The molecule has 1 N–H and O–H groups in total. The molecule has 0 amide bonds. The second-order valence-electron chi connectivity index (χ2n) is 7.34. The van der Waals surface area contributed by atoms with Crippen LogP contribution in [0.3, 0.4) is 0 Å². The van der Waals surface area contributed by atoms with Gasteiger partial charge >= 0.3 is 21.2 Å². The summed E-state index contributed by atoms with van der Waals surface area (Å²) >= 11 is -0.311. The monoisotopic (exact) mass is 459 g/mol. The van der Waals surface area contributed by atoms with Crippen LogP contribution in [0.5, 0.6) is 0 Å². The van der Waals surface area contributed by atoms with Crippen LogP contribution in [0, 0.1) is 7.14 Å². The smallest absolute Gasteiger partial charge is 0.285 e. The van der Waals surface area contributed by atoms with E-state index < -0.39 is 14.9 Å². The lowest BCUT2D eigenvalue weighted by Crippen LogP contribution is -3.61. The molecule has 0 aliphatic rings. The maximum absolute atomic E-state index is 11.5. The zero-order chi connectivity index (χ0) is 18.2. The highest BCUT2D eigenvalue weighted by Gasteiger charge is 2.34. The molecule has 0 aliphatic heterocycles. The molecule has 24 heavy (non-hydrogen) atoms. The van der Waals surface area contributed by atoms with Gasteiger partial charge in [-0.1, -0.05) is 45.0 Å². The fourth-order valence-electron chi connectivity index (χ4n) is 2.20. The van der Waals surface area contributed by atoms with Crippen molar-refractivity contribution in [2.24, 2.45) is 0 Å². The Morgan fingerprint density at radius 1 is 0.750 bits per heavy atom. The fourth-order valence-corrected chi connectivity index (χ4v) is 4.79. The van der Waals surface area contributed by atoms with E-state index in [0.717, 1.165) is 0 Å². The molecule has 0 atom stereocenters. The van der Waals surface area contributed by atoms with Gasteiger partial charge in [0, 0.05) is 0 Å². The van der Waals surface area contributed by atoms with Gasteiger partial charge in [0.2, 0.25) is 0 Å². The van der Waals surface area contributed by atoms with E-state index in [1.165, 1.54) is 26.6 Å². The van der Waals surface area contributed by atoms with Gasteiger partial charge < -0.3 is 0 Å². The zero-order valence-electron chi connectivity index (χ0n) is 14.7. The van der Waals surface area contributed by atoms with Gasteiger partial charge in [-0.15, -0.1) is 0 Å². The Balaban J connectivity index is 2.18. The molecule has 0 saturated carbocycles. The topological polar surface area (TPSA) is 54.4 Å². The quantitative estimate of drug-likeness (QED) is 0.553. The third kappa shape index (κ3) is 4.37. The first kappa shape index (κ1) is 19.4. The van der Waals surface area contributed by atoms with Gasteiger partial charge in [-0.2, -0.15) is 8.42 Å². The van der Waals surface area contributed by atoms with Crippen LogP contribution in [0.25, 0.3) is 0 Å². The molecule has 130 valence electrons. The van der Waals surface area contributed by atoms with Gasteiger partial charge in [-0.3, -0.25) is 4.55 Å². The molecule has 0 fully saturated rings. The summed E-state index contributed by atoms with van der Waals surface area (Å²) < 4.78 is 33.6. The first-order valence-corrected chi connectivity index (χ1v) is 11.3. The SMILES string of the molecule is CC(C)(C)c1ccc([I+]c2ccc(C(C)(C)S(=O)(=O)O)cc2)cc1. The maximum atomic E-state index is 11.5. The third-order valence-corrected chi connectivity index (χ3v) is 8.32. The van der Waals surface area contributed by atoms with Crippen molar-refractivity contribution in [1.29, 1.82) is 0 Å². The van der Waals surface area contributed by atoms with Gasteiger partial charge in [0.15, 0.2) is 7.14 Å². The highest BCUT2D eigenvalue weighted by molar-refractivity contribution is 7.86. The molecule has 0 aromatic heterocycles. The molecule has 0 saturated heterocycles. The van der Waals surface area contributed by atoms with Crippen LogP contribution in [-0.2, 0) is 20.3 Å². The number of halogens is 1. The molecule has 2 aromatic carbocycles. The summed E-state index contributed by atoms with van der Waals surface area (Å²) in [7, 11) is -4.14. The Bertz CT molecular complexity index is 799. The highest BCUT2D eigenvalue weighted by Crippen LogP contribution is 2.28. The van der Waals surface area contributed by atoms with E-state index in [0.29, 0.717) is 5.56 Å². The predicted octanol–water partition coefficient (Wildman–Crippen LogP) is 1.24. The minimum absolute atomic E-state index is 0.153. The van der Waals surface area contributed by atoms with E-state index in [4.69, 9.17) is 0 Å². The number of hydrogen-bond acceptors (Lipinski definition) is 2. The van der Waals surface area contributed by atoms with E-state index in [-0.39, 0.29) is 26.6 Å². The largest absolute Gasteiger partial charge is 0.357 e. The van der Waals surface area contributed by atoms with E-state index in [1.807, 2.05) is 12.1 Å². The Labute approximate surface area is 155 Å². The van der Waals surface area contributed by atoms with Crippen LogP contribution in [0.15, 0.2) is 48.5 Å². The molecular formula is C19H24IO3S+. The van der Waals surface area contributed by atoms with E-state index >= 15 is 0 Å². The average Bonchev–Trinajstić information content (AvgIpc) is 2.46. The number of hydrogen-bond donors (Lipinski definition) is 1. The summed E-state index contributed by atoms with van der Waals surface area (Å²) in [6, 6.07) is 16.3. The fraction of sp³-hybridized carbons (Fsp3) is 0.368. The van der Waals surface area contributed by atoms with Gasteiger partial charge in [0.05, 0.1) is 0 Å². The molecule has 0 heterocycles. The molecular weight excluding hydrogens is 435 g/mol. The minimum Gasteiger partial charge on any atom is -0.285 e. The summed E-state index contributed by atoms with van der Waals surface area (Å²) in [6.07, 6.45) is 0. The van der Waals surface area contributed by atoms with E-state index in [2.05, 4.69) is 45.0 Å². The summed E-state index contributed by atoms with van der Waals surface area (Å²) in [4.78, 5) is 0. The van der Waals surface area contributed by atoms with Crippen molar-refractivity contribution in [2.45, 2.75) is 44.8 Å². The van der Waals surface area contributed by atoms with Crippen molar-refractivity contribution in [3.05, 3.63) is 66.8 Å². The molecule has 2 rings (SSSR count). The second kappa shape index (κ2) is 6.77. The standard InChI is InChI=1S/C19H23IO3S/c1-18(2,3)14-6-10-16(11-7-14)20-17-12-8-15(9-13-17)19(4,5)24(21,22)23/h6-13H,1-5H3/p+1. The lowest BCUT2D eigenvalue weighted by molar-refractivity contribution is -0.597. The first-order chi connectivity index (χ1) is 10.9. The van der Waals surface area contributed by atoms with Gasteiger partial charge in [-0.25, -0.2) is 0 Å². The van der Waals surface area contributed by atoms with E-state index in [1.54, 1.807) is 12.1 Å². The van der Waals surface area contributed by atoms with Crippen LogP contribution in [0.1, 0.15) is 45.7 Å². The van der Waals surface area contributed by atoms with Crippen molar-refractivity contribution >= 4 is 10.1 Å². The Kier molecular flexibility index (Phi) is 5.47. The number of benzene rings is 2. The van der Waals surface area contributed by atoms with Crippen LogP contribution < -0.4 is 21.2 Å². The highest BCUT2D eigenvalue weighted by atomic mass is 127. The maximum Gasteiger partial charge on any atom is 0.357 e. The minimum atomic E-state index is -4.14. The van der Waals surface area contributed by atoms with Crippen LogP contribution >= 0.6 is 0 Å². The molecule has 3 nitrogen and oxygen atoms in total. The Morgan fingerprint density at radius 3 is 1.46 bits per heavy atom. The van der Waals surface area contributed by atoms with Crippen LogP contribution in [-0.4, -0.2) is 13.0 Å². The van der Waals surface area contributed by atoms with Gasteiger partial charge in [0.1, 0.15) is 4.75 Å². The lowest BCUT2D eigenvalue weighted by Gasteiger charge is -2.20. The molecule has 0 radical (unpaired) electrons. The lowest BCUT2D eigenvalue weighted by atomic mass is 9.87. The predicted molar refractivity (Wildman–Crippen MR) is 93.6 cm³/mol. The molecule has 2 aromatic rings. The van der Waals surface area contributed by atoms with Crippen molar-refractivity contribution < 1.29 is 34.2 Å². The molecule has 5 heteroatoms. The van der Waals surface area contributed by atoms with Gasteiger partial charge in [0.25, 0.3) is 10.1 Å². The Hall–Kier alpha value is -0.920. The molecule has 0 aliphatic carbocycles. The summed E-state index contributed by atoms with van der Waals surface area (Å²) in [5.41, 5.74) is 2.07. The molecule has 0 spiro atoms. The van der Waals surface area contributed by atoms with E-state index in [9.17, 15) is 13.0 Å². The van der Waals surface area contributed by atoms with Crippen LogP contribution in [0.4, 0.5) is 0 Å².